The van der Waals surface area contributed by atoms with Crippen LogP contribution in [0.3, 0.4) is 0 Å². The van der Waals surface area contributed by atoms with Crippen molar-refractivity contribution in [2.24, 2.45) is 16.6 Å². The van der Waals surface area contributed by atoms with Crippen molar-refractivity contribution in [2.75, 3.05) is 13.6 Å². The minimum atomic E-state index is -0.637. The van der Waals surface area contributed by atoms with E-state index in [1.807, 2.05) is 20.8 Å². The Morgan fingerprint density at radius 3 is 2.00 bits per heavy atom. The lowest BCUT2D eigenvalue weighted by Gasteiger charge is -2.28. The van der Waals surface area contributed by atoms with E-state index in [-0.39, 0.29) is 23.8 Å². The molecule has 0 unspecified atom stereocenters. The van der Waals surface area contributed by atoms with Gasteiger partial charge in [-0.1, -0.05) is 20.8 Å². The third kappa shape index (κ3) is 4.73. The molecule has 0 aliphatic carbocycles. The molecule has 5 nitrogen and oxygen atoms in total. The predicted molar refractivity (Wildman–Crippen MR) is 68.3 cm³/mol. The average Bonchev–Trinajstić information content (AvgIpc) is 2.22. The van der Waals surface area contributed by atoms with Crippen LogP contribution in [-0.4, -0.2) is 31.4 Å². The number of nitrogens with two attached hydrogens (primary N) is 1. The second-order valence-corrected chi connectivity index (χ2v) is 6.02. The van der Waals surface area contributed by atoms with Gasteiger partial charge in [-0.25, -0.2) is 0 Å². The van der Waals surface area contributed by atoms with Crippen molar-refractivity contribution in [3.05, 3.63) is 0 Å². The van der Waals surface area contributed by atoms with Crippen molar-refractivity contribution in [2.45, 2.75) is 40.7 Å². The van der Waals surface area contributed by atoms with Crippen LogP contribution in [0.25, 0.3) is 0 Å². The van der Waals surface area contributed by atoms with Gasteiger partial charge in [0.25, 0.3) is 0 Å². The van der Waals surface area contributed by atoms with E-state index in [9.17, 15) is 9.59 Å². The lowest BCUT2D eigenvalue weighted by Crippen LogP contribution is -2.52. The van der Waals surface area contributed by atoms with E-state index in [0.717, 1.165) is 0 Å². The van der Waals surface area contributed by atoms with Crippen LogP contribution in [0.1, 0.15) is 34.6 Å². The molecule has 0 aromatic heterocycles. The van der Waals surface area contributed by atoms with E-state index in [0.29, 0.717) is 0 Å². The lowest BCUT2D eigenvalue weighted by atomic mass is 9.86. The van der Waals surface area contributed by atoms with Gasteiger partial charge in [-0.05, 0) is 19.3 Å². The van der Waals surface area contributed by atoms with Gasteiger partial charge in [-0.15, -0.1) is 0 Å². The summed E-state index contributed by atoms with van der Waals surface area (Å²) >= 11 is 0. The summed E-state index contributed by atoms with van der Waals surface area (Å²) in [7, 11) is 1.58. The number of amides is 2. The Morgan fingerprint density at radius 1 is 1.18 bits per heavy atom. The number of carbonyl (C=O) groups excluding carboxylic acids is 2. The van der Waals surface area contributed by atoms with Gasteiger partial charge in [-0.3, -0.25) is 9.59 Å². The molecule has 1 atom stereocenters. The van der Waals surface area contributed by atoms with Crippen molar-refractivity contribution in [3.63, 3.8) is 0 Å². The molecule has 0 fully saturated rings. The highest BCUT2D eigenvalue weighted by Crippen LogP contribution is 2.18. The van der Waals surface area contributed by atoms with Crippen LogP contribution in [0, 0.1) is 10.8 Å². The van der Waals surface area contributed by atoms with E-state index in [2.05, 4.69) is 10.6 Å². The van der Waals surface area contributed by atoms with Crippen molar-refractivity contribution in [1.29, 1.82) is 0 Å². The van der Waals surface area contributed by atoms with E-state index in [1.54, 1.807) is 20.9 Å². The molecular weight excluding hydrogens is 218 g/mol. The number of rotatable bonds is 4. The van der Waals surface area contributed by atoms with Crippen LogP contribution in [0.2, 0.25) is 0 Å². The van der Waals surface area contributed by atoms with Gasteiger partial charge in [0.2, 0.25) is 11.8 Å². The maximum atomic E-state index is 11.8. The van der Waals surface area contributed by atoms with E-state index in [4.69, 9.17) is 5.73 Å². The Kier molecular flexibility index (Phi) is 5.13. The molecule has 100 valence electrons. The van der Waals surface area contributed by atoms with Crippen LogP contribution >= 0.6 is 0 Å². The monoisotopic (exact) mass is 243 g/mol. The molecule has 0 saturated carbocycles. The van der Waals surface area contributed by atoms with Crippen LogP contribution in [0.5, 0.6) is 0 Å². The molecule has 0 spiro atoms. The molecular formula is C12H25N3O2. The summed E-state index contributed by atoms with van der Waals surface area (Å²) < 4.78 is 0. The van der Waals surface area contributed by atoms with Gasteiger partial charge in [0, 0.05) is 13.6 Å². The van der Waals surface area contributed by atoms with Crippen molar-refractivity contribution >= 4 is 11.8 Å². The second-order valence-electron chi connectivity index (χ2n) is 6.02. The number of hydrogen-bond acceptors (Lipinski definition) is 3. The highest BCUT2D eigenvalue weighted by Gasteiger charge is 2.31. The average molecular weight is 243 g/mol. The molecule has 4 N–H and O–H groups in total. The zero-order valence-electron chi connectivity index (χ0n) is 11.7. The first kappa shape index (κ1) is 15.9. The summed E-state index contributed by atoms with van der Waals surface area (Å²) in [6.45, 7) is 9.53. The van der Waals surface area contributed by atoms with E-state index < -0.39 is 11.5 Å². The molecule has 0 aromatic rings. The zero-order chi connectivity index (χ0) is 13.9. The molecule has 2 amide bonds. The Hall–Kier alpha value is -1.10. The summed E-state index contributed by atoms with van der Waals surface area (Å²) in [5.74, 6) is -0.336. The topological polar surface area (TPSA) is 84.2 Å². The minimum absolute atomic E-state index is 0.109. The Morgan fingerprint density at radius 2 is 1.65 bits per heavy atom. The molecule has 17 heavy (non-hydrogen) atoms. The summed E-state index contributed by atoms with van der Waals surface area (Å²) in [6.07, 6.45) is 0. The molecule has 5 heteroatoms. The van der Waals surface area contributed by atoms with Gasteiger partial charge >= 0.3 is 0 Å². The molecule has 0 aliphatic rings. The highest BCUT2D eigenvalue weighted by molar-refractivity contribution is 5.85. The van der Waals surface area contributed by atoms with Crippen LogP contribution in [0.4, 0.5) is 0 Å². The van der Waals surface area contributed by atoms with Gasteiger partial charge < -0.3 is 16.4 Å². The summed E-state index contributed by atoms with van der Waals surface area (Å²) in [5, 5.41) is 5.29. The highest BCUT2D eigenvalue weighted by atomic mass is 16.2. The SMILES string of the molecule is CNC(=O)C(C)(C)CNC(=O)[C@@H](N)C(C)(C)C. The normalized spacial score (nSPS) is 14.1. The number of carbonyl (C=O) groups is 2. The van der Waals surface area contributed by atoms with Crippen LogP contribution in [0.15, 0.2) is 0 Å². The molecule has 0 radical (unpaired) electrons. The molecule has 0 heterocycles. The second kappa shape index (κ2) is 5.49. The maximum Gasteiger partial charge on any atom is 0.237 e. The van der Waals surface area contributed by atoms with Gasteiger partial charge in [0.1, 0.15) is 0 Å². The molecule has 0 saturated heterocycles. The largest absolute Gasteiger partial charge is 0.359 e. The lowest BCUT2D eigenvalue weighted by molar-refractivity contribution is -0.130. The third-order valence-corrected chi connectivity index (χ3v) is 2.76. The van der Waals surface area contributed by atoms with E-state index in [1.165, 1.54) is 0 Å². The van der Waals surface area contributed by atoms with Crippen LogP contribution in [-0.2, 0) is 9.59 Å². The number of hydrogen-bond donors (Lipinski definition) is 3. The smallest absolute Gasteiger partial charge is 0.237 e. The molecule has 0 aliphatic heterocycles. The fourth-order valence-corrected chi connectivity index (χ4v) is 1.23. The van der Waals surface area contributed by atoms with E-state index >= 15 is 0 Å². The maximum absolute atomic E-state index is 11.8. The first-order valence-corrected chi connectivity index (χ1v) is 5.78. The fraction of sp³-hybridized carbons (Fsp3) is 0.833. The number of nitrogens with one attached hydrogen (secondary N) is 2. The van der Waals surface area contributed by atoms with Gasteiger partial charge in [0.15, 0.2) is 0 Å². The first-order valence-electron chi connectivity index (χ1n) is 5.78. The Balaban J connectivity index is 4.40. The molecule has 0 rings (SSSR count). The Labute approximate surface area is 104 Å². The fourth-order valence-electron chi connectivity index (χ4n) is 1.23. The Bertz CT molecular complexity index is 293. The first-order chi connectivity index (χ1) is 7.52. The van der Waals surface area contributed by atoms with Crippen molar-refractivity contribution in [1.82, 2.24) is 10.6 Å². The third-order valence-electron chi connectivity index (χ3n) is 2.76. The standard InChI is InChI=1S/C12H25N3O2/c1-11(2,3)8(13)9(16)15-7-12(4,5)10(17)14-6/h8H,7,13H2,1-6H3,(H,14,17)(H,15,16)/t8-/m1/s1. The van der Waals surface area contributed by atoms with Crippen molar-refractivity contribution < 1.29 is 9.59 Å². The summed E-state index contributed by atoms with van der Waals surface area (Å²) in [5.41, 5.74) is 4.89. The molecule has 0 bridgehead atoms. The molecule has 0 aromatic carbocycles. The minimum Gasteiger partial charge on any atom is -0.359 e. The van der Waals surface area contributed by atoms with Crippen molar-refractivity contribution in [3.8, 4) is 0 Å². The van der Waals surface area contributed by atoms with Crippen LogP contribution < -0.4 is 16.4 Å². The predicted octanol–water partition coefficient (Wildman–Crippen LogP) is 0.248. The zero-order valence-corrected chi connectivity index (χ0v) is 11.7. The van der Waals surface area contributed by atoms with Gasteiger partial charge in [0.05, 0.1) is 11.5 Å². The quantitative estimate of drug-likeness (QED) is 0.661. The summed E-state index contributed by atoms with van der Waals surface area (Å²) in [6, 6.07) is -0.581. The summed E-state index contributed by atoms with van der Waals surface area (Å²) in [4.78, 5) is 23.3. The van der Waals surface area contributed by atoms with Gasteiger partial charge in [-0.2, -0.15) is 0 Å².